The van der Waals surface area contributed by atoms with E-state index in [0.717, 1.165) is 25.7 Å². The van der Waals surface area contributed by atoms with Crippen molar-refractivity contribution in [2.24, 2.45) is 17.8 Å². The van der Waals surface area contributed by atoms with Crippen LogP contribution >= 0.6 is 0 Å². The van der Waals surface area contributed by atoms with Gasteiger partial charge in [0.25, 0.3) is 0 Å². The Morgan fingerprint density at radius 3 is 2.61 bits per heavy atom. The molecule has 106 valence electrons. The Hall–Kier alpha value is -0.530. The van der Waals surface area contributed by atoms with E-state index in [-0.39, 0.29) is 12.1 Å². The molecule has 0 spiro atoms. The van der Waals surface area contributed by atoms with E-state index >= 15 is 0 Å². The SMILES string of the molecule is CCCCCC(=O)O[C@H]1C[C@@H](C)CC[C@@H]1C(C)C. The molecular weight excluding hydrogens is 224 g/mol. The first-order chi connectivity index (χ1) is 8.54. The van der Waals surface area contributed by atoms with Crippen LogP contribution in [-0.4, -0.2) is 12.1 Å². The van der Waals surface area contributed by atoms with Crippen molar-refractivity contribution in [3.8, 4) is 0 Å². The highest BCUT2D eigenvalue weighted by molar-refractivity contribution is 5.69. The fourth-order valence-corrected chi connectivity index (χ4v) is 3.00. The van der Waals surface area contributed by atoms with E-state index in [9.17, 15) is 4.79 Å². The minimum atomic E-state index is 0.0215. The summed E-state index contributed by atoms with van der Waals surface area (Å²) in [5.41, 5.74) is 0. The summed E-state index contributed by atoms with van der Waals surface area (Å²) in [6.45, 7) is 8.93. The second-order valence-electron chi connectivity index (χ2n) is 6.31. The van der Waals surface area contributed by atoms with Gasteiger partial charge in [0.05, 0.1) is 0 Å². The first-order valence-corrected chi connectivity index (χ1v) is 7.74. The zero-order valence-corrected chi connectivity index (χ0v) is 12.6. The average Bonchev–Trinajstić information content (AvgIpc) is 2.29. The van der Waals surface area contributed by atoms with Gasteiger partial charge in [-0.1, -0.05) is 47.0 Å². The summed E-state index contributed by atoms with van der Waals surface area (Å²) in [5, 5.41) is 0. The summed E-state index contributed by atoms with van der Waals surface area (Å²) in [6.07, 6.45) is 7.59. The van der Waals surface area contributed by atoms with Gasteiger partial charge in [0.2, 0.25) is 0 Å². The number of carbonyl (C=O) groups excluding carboxylic acids is 1. The van der Waals surface area contributed by atoms with E-state index in [1.54, 1.807) is 0 Å². The lowest BCUT2D eigenvalue weighted by Crippen LogP contribution is -2.35. The molecule has 0 N–H and O–H groups in total. The fraction of sp³-hybridized carbons (Fsp3) is 0.938. The van der Waals surface area contributed by atoms with Crippen LogP contribution < -0.4 is 0 Å². The van der Waals surface area contributed by atoms with Gasteiger partial charge in [-0.25, -0.2) is 0 Å². The molecule has 0 bridgehead atoms. The van der Waals surface area contributed by atoms with E-state index in [4.69, 9.17) is 4.74 Å². The maximum atomic E-state index is 11.8. The minimum absolute atomic E-state index is 0.0215. The third kappa shape index (κ3) is 4.99. The van der Waals surface area contributed by atoms with Gasteiger partial charge in [-0.3, -0.25) is 4.79 Å². The molecule has 0 radical (unpaired) electrons. The highest BCUT2D eigenvalue weighted by Crippen LogP contribution is 2.35. The van der Waals surface area contributed by atoms with Gasteiger partial charge in [0.15, 0.2) is 0 Å². The Labute approximate surface area is 112 Å². The number of carbonyl (C=O) groups is 1. The molecule has 3 atom stereocenters. The third-order valence-corrected chi connectivity index (χ3v) is 4.23. The molecule has 0 aliphatic heterocycles. The highest BCUT2D eigenvalue weighted by atomic mass is 16.5. The molecule has 1 saturated carbocycles. The molecule has 1 aliphatic carbocycles. The van der Waals surface area contributed by atoms with Crippen LogP contribution in [0.25, 0.3) is 0 Å². The van der Waals surface area contributed by atoms with Crippen molar-refractivity contribution in [2.45, 2.75) is 78.7 Å². The normalized spacial score (nSPS) is 28.4. The lowest BCUT2D eigenvalue weighted by atomic mass is 9.75. The van der Waals surface area contributed by atoms with E-state index in [1.165, 1.54) is 12.8 Å². The zero-order valence-electron chi connectivity index (χ0n) is 12.6. The molecule has 1 aliphatic rings. The quantitative estimate of drug-likeness (QED) is 0.512. The number of hydrogen-bond acceptors (Lipinski definition) is 2. The van der Waals surface area contributed by atoms with Crippen LogP contribution in [0.4, 0.5) is 0 Å². The Morgan fingerprint density at radius 1 is 1.28 bits per heavy atom. The molecular formula is C16H30O2. The van der Waals surface area contributed by atoms with Crippen LogP contribution in [-0.2, 0) is 9.53 Å². The summed E-state index contributed by atoms with van der Waals surface area (Å²) in [7, 11) is 0. The zero-order chi connectivity index (χ0) is 13.5. The smallest absolute Gasteiger partial charge is 0.306 e. The van der Waals surface area contributed by atoms with Gasteiger partial charge in [-0.2, -0.15) is 0 Å². The molecule has 2 nitrogen and oxygen atoms in total. The van der Waals surface area contributed by atoms with Crippen molar-refractivity contribution in [1.29, 1.82) is 0 Å². The Morgan fingerprint density at radius 2 is 2.00 bits per heavy atom. The Balaban J connectivity index is 2.42. The maximum absolute atomic E-state index is 11.8. The van der Waals surface area contributed by atoms with Crippen molar-refractivity contribution < 1.29 is 9.53 Å². The van der Waals surface area contributed by atoms with Crippen LogP contribution in [0.2, 0.25) is 0 Å². The summed E-state index contributed by atoms with van der Waals surface area (Å²) >= 11 is 0. The summed E-state index contributed by atoms with van der Waals surface area (Å²) in [6, 6.07) is 0. The van der Waals surface area contributed by atoms with Crippen molar-refractivity contribution in [3.63, 3.8) is 0 Å². The van der Waals surface area contributed by atoms with Gasteiger partial charge in [0.1, 0.15) is 6.10 Å². The molecule has 0 aromatic carbocycles. The number of unbranched alkanes of at least 4 members (excludes halogenated alkanes) is 2. The molecule has 0 heterocycles. The van der Waals surface area contributed by atoms with Crippen LogP contribution in [0.15, 0.2) is 0 Å². The second kappa shape index (κ2) is 7.81. The Kier molecular flexibility index (Phi) is 6.73. The number of esters is 1. The van der Waals surface area contributed by atoms with Gasteiger partial charge >= 0.3 is 5.97 Å². The van der Waals surface area contributed by atoms with Crippen molar-refractivity contribution in [3.05, 3.63) is 0 Å². The first-order valence-electron chi connectivity index (χ1n) is 7.74. The Bertz CT molecular complexity index is 247. The van der Waals surface area contributed by atoms with E-state index in [1.807, 2.05) is 0 Å². The average molecular weight is 254 g/mol. The number of rotatable bonds is 6. The van der Waals surface area contributed by atoms with Crippen LogP contribution in [0.3, 0.4) is 0 Å². The van der Waals surface area contributed by atoms with Gasteiger partial charge in [-0.05, 0) is 37.0 Å². The largest absolute Gasteiger partial charge is 0.462 e. The molecule has 1 rings (SSSR count). The standard InChI is InChI=1S/C16H30O2/c1-5-6-7-8-16(17)18-15-11-13(4)9-10-14(15)12(2)3/h12-15H,5-11H2,1-4H3/t13-,14+,15-/m0/s1. The molecule has 0 aromatic heterocycles. The van der Waals surface area contributed by atoms with Crippen LogP contribution in [0.5, 0.6) is 0 Å². The highest BCUT2D eigenvalue weighted by Gasteiger charge is 2.33. The summed E-state index contributed by atoms with van der Waals surface area (Å²) in [5.74, 6) is 1.91. The molecule has 0 amide bonds. The van der Waals surface area contributed by atoms with Crippen LogP contribution in [0, 0.1) is 17.8 Å². The number of hydrogen-bond donors (Lipinski definition) is 0. The topological polar surface area (TPSA) is 26.3 Å². The maximum Gasteiger partial charge on any atom is 0.306 e. The molecule has 2 heteroatoms. The molecule has 0 unspecified atom stereocenters. The monoisotopic (exact) mass is 254 g/mol. The molecule has 0 saturated heterocycles. The molecule has 0 aromatic rings. The molecule has 18 heavy (non-hydrogen) atoms. The van der Waals surface area contributed by atoms with Crippen molar-refractivity contribution in [1.82, 2.24) is 0 Å². The predicted octanol–water partition coefficient (Wildman–Crippen LogP) is 4.57. The number of ether oxygens (including phenoxy) is 1. The van der Waals surface area contributed by atoms with E-state index in [0.29, 0.717) is 24.2 Å². The lowest BCUT2D eigenvalue weighted by molar-refractivity contribution is -0.156. The van der Waals surface area contributed by atoms with Crippen molar-refractivity contribution >= 4 is 5.97 Å². The van der Waals surface area contributed by atoms with Crippen molar-refractivity contribution in [2.75, 3.05) is 0 Å². The van der Waals surface area contributed by atoms with E-state index < -0.39 is 0 Å². The minimum Gasteiger partial charge on any atom is -0.462 e. The summed E-state index contributed by atoms with van der Waals surface area (Å²) in [4.78, 5) is 11.8. The third-order valence-electron chi connectivity index (χ3n) is 4.23. The van der Waals surface area contributed by atoms with Gasteiger partial charge < -0.3 is 4.74 Å². The van der Waals surface area contributed by atoms with Crippen LogP contribution in [0.1, 0.15) is 72.6 Å². The second-order valence-corrected chi connectivity index (χ2v) is 6.31. The predicted molar refractivity (Wildman–Crippen MR) is 75.4 cm³/mol. The van der Waals surface area contributed by atoms with E-state index in [2.05, 4.69) is 27.7 Å². The first kappa shape index (κ1) is 15.5. The fourth-order valence-electron chi connectivity index (χ4n) is 3.00. The van der Waals surface area contributed by atoms with Gasteiger partial charge in [-0.15, -0.1) is 0 Å². The van der Waals surface area contributed by atoms with Gasteiger partial charge in [0, 0.05) is 6.42 Å². The lowest BCUT2D eigenvalue weighted by Gasteiger charge is -2.36. The molecule has 1 fully saturated rings. The summed E-state index contributed by atoms with van der Waals surface area (Å²) < 4.78 is 5.74.